The van der Waals surface area contributed by atoms with Gasteiger partial charge in [0, 0.05) is 5.02 Å². The van der Waals surface area contributed by atoms with Gasteiger partial charge in [0.15, 0.2) is 0 Å². The highest BCUT2D eigenvalue weighted by molar-refractivity contribution is 6.30. The first-order valence-corrected chi connectivity index (χ1v) is 4.69. The second-order valence-corrected chi connectivity index (χ2v) is 3.55. The van der Waals surface area contributed by atoms with Gasteiger partial charge < -0.3 is 10.5 Å². The quantitative estimate of drug-likeness (QED) is 0.803. The van der Waals surface area contributed by atoms with Crippen LogP contribution in [0.15, 0.2) is 18.2 Å². The van der Waals surface area contributed by atoms with Gasteiger partial charge in [-0.15, -0.1) is 0 Å². The van der Waals surface area contributed by atoms with Crippen molar-refractivity contribution >= 4 is 17.6 Å². The zero-order chi connectivity index (χ0) is 11.4. The molecule has 0 saturated heterocycles. The van der Waals surface area contributed by atoms with Crippen LogP contribution in [0.25, 0.3) is 0 Å². The summed E-state index contributed by atoms with van der Waals surface area (Å²) in [5.74, 6) is -0.982. The van der Waals surface area contributed by atoms with Crippen LogP contribution < -0.4 is 5.73 Å². The van der Waals surface area contributed by atoms with E-state index in [4.69, 9.17) is 17.3 Å². The van der Waals surface area contributed by atoms with Crippen LogP contribution in [0.4, 0.5) is 4.39 Å². The lowest BCUT2D eigenvalue weighted by atomic mass is 10.1. The van der Waals surface area contributed by atoms with Crippen LogP contribution in [0.2, 0.25) is 5.02 Å². The third-order valence-corrected chi connectivity index (χ3v) is 2.10. The number of ether oxygens (including phenoxy) is 1. The van der Waals surface area contributed by atoms with Crippen LogP contribution in [0, 0.1) is 5.82 Å². The number of esters is 1. The molecule has 0 aliphatic heterocycles. The van der Waals surface area contributed by atoms with E-state index in [9.17, 15) is 9.18 Å². The SMILES string of the molecule is COC(=O)C(N)Cc1cc(F)cc(Cl)c1. The van der Waals surface area contributed by atoms with Gasteiger partial charge in [-0.05, 0) is 30.2 Å². The molecule has 1 aromatic rings. The molecule has 1 rings (SSSR count). The molecule has 5 heteroatoms. The molecule has 2 N–H and O–H groups in total. The van der Waals surface area contributed by atoms with Gasteiger partial charge >= 0.3 is 5.97 Å². The first-order chi connectivity index (χ1) is 7.02. The average molecular weight is 232 g/mol. The van der Waals surface area contributed by atoms with Gasteiger partial charge in [0.1, 0.15) is 11.9 Å². The number of benzene rings is 1. The zero-order valence-electron chi connectivity index (χ0n) is 8.17. The van der Waals surface area contributed by atoms with Crippen LogP contribution in [-0.4, -0.2) is 19.1 Å². The Morgan fingerprint density at radius 3 is 2.80 bits per heavy atom. The molecule has 0 fully saturated rings. The largest absolute Gasteiger partial charge is 0.468 e. The fourth-order valence-corrected chi connectivity index (χ4v) is 1.46. The van der Waals surface area contributed by atoms with Gasteiger partial charge in [0.2, 0.25) is 0 Å². The molecule has 0 aromatic heterocycles. The van der Waals surface area contributed by atoms with Crippen LogP contribution in [-0.2, 0) is 16.0 Å². The van der Waals surface area contributed by atoms with E-state index in [1.165, 1.54) is 19.2 Å². The van der Waals surface area contributed by atoms with E-state index in [0.717, 1.165) is 0 Å². The van der Waals surface area contributed by atoms with Crippen molar-refractivity contribution in [3.8, 4) is 0 Å². The Morgan fingerprint density at radius 2 is 2.27 bits per heavy atom. The van der Waals surface area contributed by atoms with E-state index in [2.05, 4.69) is 4.74 Å². The van der Waals surface area contributed by atoms with Crippen molar-refractivity contribution < 1.29 is 13.9 Å². The first kappa shape index (κ1) is 11.9. The first-order valence-electron chi connectivity index (χ1n) is 4.31. The van der Waals surface area contributed by atoms with Crippen LogP contribution in [0.5, 0.6) is 0 Å². The summed E-state index contributed by atoms with van der Waals surface area (Å²) in [6, 6.07) is 3.24. The predicted octanol–water partition coefficient (Wildman–Crippen LogP) is 1.52. The summed E-state index contributed by atoms with van der Waals surface area (Å²) in [4.78, 5) is 11.0. The zero-order valence-corrected chi connectivity index (χ0v) is 8.92. The Bertz CT molecular complexity index is 350. The van der Waals surface area contributed by atoms with Crippen molar-refractivity contribution in [1.29, 1.82) is 0 Å². The summed E-state index contributed by atoms with van der Waals surface area (Å²) in [7, 11) is 1.25. The van der Waals surface area contributed by atoms with Gasteiger partial charge in [-0.1, -0.05) is 11.6 Å². The summed E-state index contributed by atoms with van der Waals surface area (Å²) in [5, 5.41) is 0.280. The minimum absolute atomic E-state index is 0.199. The Balaban J connectivity index is 2.76. The molecule has 15 heavy (non-hydrogen) atoms. The van der Waals surface area contributed by atoms with Crippen molar-refractivity contribution in [3.63, 3.8) is 0 Å². The third-order valence-electron chi connectivity index (χ3n) is 1.88. The van der Waals surface area contributed by atoms with Crippen molar-refractivity contribution in [2.24, 2.45) is 5.73 Å². The summed E-state index contributed by atoms with van der Waals surface area (Å²) in [6.07, 6.45) is 0.199. The Hall–Kier alpha value is -1.13. The summed E-state index contributed by atoms with van der Waals surface area (Å²) >= 11 is 5.65. The molecule has 0 radical (unpaired) electrons. The number of hydrogen-bond acceptors (Lipinski definition) is 3. The summed E-state index contributed by atoms with van der Waals surface area (Å²) in [6.45, 7) is 0. The molecule has 1 aromatic carbocycles. The highest BCUT2D eigenvalue weighted by Crippen LogP contribution is 2.15. The standard InChI is InChI=1S/C10H11ClFNO2/c1-15-10(14)9(13)4-6-2-7(11)5-8(12)3-6/h2-3,5,9H,4,13H2,1H3. The lowest BCUT2D eigenvalue weighted by Crippen LogP contribution is -2.33. The molecule has 0 aliphatic rings. The molecule has 1 atom stereocenters. The van der Waals surface area contributed by atoms with Crippen molar-refractivity contribution in [1.82, 2.24) is 0 Å². The van der Waals surface area contributed by atoms with E-state index in [0.29, 0.717) is 5.56 Å². The molecule has 0 heterocycles. The Kier molecular flexibility index (Phi) is 4.05. The second kappa shape index (κ2) is 5.09. The van der Waals surface area contributed by atoms with Crippen LogP contribution >= 0.6 is 11.6 Å². The molecular weight excluding hydrogens is 221 g/mol. The predicted molar refractivity (Wildman–Crippen MR) is 55.1 cm³/mol. The average Bonchev–Trinajstić information content (AvgIpc) is 2.14. The normalized spacial score (nSPS) is 12.3. The topological polar surface area (TPSA) is 52.3 Å². The molecule has 3 nitrogen and oxygen atoms in total. The second-order valence-electron chi connectivity index (χ2n) is 3.11. The maximum absolute atomic E-state index is 12.9. The number of nitrogens with two attached hydrogens (primary N) is 1. The van der Waals surface area contributed by atoms with Crippen molar-refractivity contribution in [3.05, 3.63) is 34.6 Å². The summed E-state index contributed by atoms with van der Waals surface area (Å²) < 4.78 is 17.4. The minimum atomic E-state index is -0.798. The fourth-order valence-electron chi connectivity index (χ4n) is 1.22. The van der Waals surface area contributed by atoms with Gasteiger partial charge in [0.05, 0.1) is 7.11 Å². The van der Waals surface area contributed by atoms with Gasteiger partial charge in [-0.2, -0.15) is 0 Å². The van der Waals surface area contributed by atoms with Crippen LogP contribution in [0.1, 0.15) is 5.56 Å². The number of halogens is 2. The Morgan fingerprint density at radius 1 is 1.60 bits per heavy atom. The van der Waals surface area contributed by atoms with E-state index in [1.807, 2.05) is 0 Å². The molecule has 0 bridgehead atoms. The van der Waals surface area contributed by atoms with E-state index in [1.54, 1.807) is 6.07 Å². The summed E-state index contributed by atoms with van der Waals surface area (Å²) in [5.41, 5.74) is 6.09. The lowest BCUT2D eigenvalue weighted by molar-refractivity contribution is -0.142. The molecular formula is C10H11ClFNO2. The van der Waals surface area contributed by atoms with Gasteiger partial charge in [-0.3, -0.25) is 4.79 Å². The van der Waals surface area contributed by atoms with E-state index >= 15 is 0 Å². The Labute approximate surface area is 92.0 Å². The minimum Gasteiger partial charge on any atom is -0.468 e. The molecule has 0 aliphatic carbocycles. The van der Waals surface area contributed by atoms with Gasteiger partial charge in [-0.25, -0.2) is 4.39 Å². The number of carbonyl (C=O) groups is 1. The number of rotatable bonds is 3. The smallest absolute Gasteiger partial charge is 0.322 e. The van der Waals surface area contributed by atoms with E-state index in [-0.39, 0.29) is 11.4 Å². The maximum Gasteiger partial charge on any atom is 0.322 e. The highest BCUT2D eigenvalue weighted by atomic mass is 35.5. The third kappa shape index (κ3) is 3.49. The molecule has 0 spiro atoms. The molecule has 0 saturated carbocycles. The molecule has 1 unspecified atom stereocenters. The fraction of sp³-hybridized carbons (Fsp3) is 0.300. The van der Waals surface area contributed by atoms with Crippen LogP contribution in [0.3, 0.4) is 0 Å². The number of carbonyl (C=O) groups excluding carboxylic acids is 1. The number of hydrogen-bond donors (Lipinski definition) is 1. The van der Waals surface area contributed by atoms with Crippen molar-refractivity contribution in [2.75, 3.05) is 7.11 Å². The maximum atomic E-state index is 12.9. The van der Waals surface area contributed by atoms with Gasteiger partial charge in [0.25, 0.3) is 0 Å². The number of methoxy groups -OCH3 is 1. The monoisotopic (exact) mass is 231 g/mol. The lowest BCUT2D eigenvalue weighted by Gasteiger charge is -2.09. The molecule has 82 valence electrons. The molecule has 0 amide bonds. The van der Waals surface area contributed by atoms with Crippen molar-refractivity contribution in [2.45, 2.75) is 12.5 Å². The highest BCUT2D eigenvalue weighted by Gasteiger charge is 2.14. The van der Waals surface area contributed by atoms with E-state index < -0.39 is 17.8 Å².